The van der Waals surface area contributed by atoms with Crippen LogP contribution in [0.1, 0.15) is 28.8 Å². The van der Waals surface area contributed by atoms with Crippen molar-refractivity contribution < 1.29 is 9.59 Å². The molecule has 0 spiro atoms. The Hall–Kier alpha value is -2.04. The molecule has 5 nitrogen and oxygen atoms in total. The fourth-order valence-corrected chi connectivity index (χ4v) is 2.62. The molecule has 3 N–H and O–H groups in total. The summed E-state index contributed by atoms with van der Waals surface area (Å²) in [7, 11) is 1.63. The highest BCUT2D eigenvalue weighted by molar-refractivity contribution is 5.97. The first-order valence-electron chi connectivity index (χ1n) is 6.90. The molecule has 1 heterocycles. The number of nitrogens with zero attached hydrogens (tertiary/aromatic N) is 1. The summed E-state index contributed by atoms with van der Waals surface area (Å²) in [5.74, 6) is -0.144. The topological polar surface area (TPSA) is 75.4 Å². The molecule has 1 fully saturated rings. The summed E-state index contributed by atoms with van der Waals surface area (Å²) in [5.41, 5.74) is 7.88. The van der Waals surface area contributed by atoms with Gasteiger partial charge in [0.2, 0.25) is 5.91 Å². The standard InChI is InChI=1S/C15H21N3O2/c1-10-5-6-12(16)8-13(10)15(20)18-7-3-4-11(9-18)14(19)17-2/h5-6,8,11H,3-4,7,9,16H2,1-2H3,(H,17,19). The van der Waals surface area contributed by atoms with Crippen molar-refractivity contribution in [3.63, 3.8) is 0 Å². The van der Waals surface area contributed by atoms with E-state index in [-0.39, 0.29) is 17.7 Å². The van der Waals surface area contributed by atoms with E-state index >= 15 is 0 Å². The van der Waals surface area contributed by atoms with E-state index < -0.39 is 0 Å². The fourth-order valence-electron chi connectivity index (χ4n) is 2.62. The first-order valence-corrected chi connectivity index (χ1v) is 6.90. The number of nitrogens with two attached hydrogens (primary N) is 1. The molecule has 5 heteroatoms. The number of hydrogen-bond donors (Lipinski definition) is 2. The second-order valence-electron chi connectivity index (χ2n) is 5.28. The highest BCUT2D eigenvalue weighted by Gasteiger charge is 2.28. The fraction of sp³-hybridized carbons (Fsp3) is 0.467. The molecular weight excluding hydrogens is 254 g/mol. The molecule has 1 aliphatic heterocycles. The molecule has 0 radical (unpaired) electrons. The van der Waals surface area contributed by atoms with E-state index in [1.807, 2.05) is 13.0 Å². The summed E-state index contributed by atoms with van der Waals surface area (Å²) in [6.45, 7) is 3.07. The van der Waals surface area contributed by atoms with Crippen molar-refractivity contribution in [2.45, 2.75) is 19.8 Å². The average Bonchev–Trinajstić information content (AvgIpc) is 2.48. The zero-order valence-electron chi connectivity index (χ0n) is 12.0. The van der Waals surface area contributed by atoms with Crippen molar-refractivity contribution in [2.75, 3.05) is 25.9 Å². The maximum Gasteiger partial charge on any atom is 0.254 e. The lowest BCUT2D eigenvalue weighted by atomic mass is 9.96. The number of aryl methyl sites for hydroxylation is 1. The Balaban J connectivity index is 2.16. The van der Waals surface area contributed by atoms with Gasteiger partial charge in [-0.25, -0.2) is 0 Å². The number of piperidine rings is 1. The minimum absolute atomic E-state index is 0.00629. The molecule has 1 aromatic rings. The van der Waals surface area contributed by atoms with Gasteiger partial charge in [0.05, 0.1) is 5.92 Å². The van der Waals surface area contributed by atoms with Gasteiger partial charge in [0.25, 0.3) is 5.91 Å². The summed E-state index contributed by atoms with van der Waals surface area (Å²) >= 11 is 0. The van der Waals surface area contributed by atoms with Gasteiger partial charge in [0.1, 0.15) is 0 Å². The van der Waals surface area contributed by atoms with Crippen LogP contribution in [0.15, 0.2) is 18.2 Å². The van der Waals surface area contributed by atoms with Gasteiger partial charge in [-0.05, 0) is 37.5 Å². The number of benzene rings is 1. The van der Waals surface area contributed by atoms with Gasteiger partial charge in [-0.15, -0.1) is 0 Å². The Kier molecular flexibility index (Phi) is 4.27. The third kappa shape index (κ3) is 2.92. The van der Waals surface area contributed by atoms with Crippen LogP contribution in [0.3, 0.4) is 0 Å². The number of carbonyl (C=O) groups excluding carboxylic acids is 2. The molecule has 1 aliphatic rings. The SMILES string of the molecule is CNC(=O)C1CCCN(C(=O)c2cc(N)ccc2C)C1. The Labute approximate surface area is 119 Å². The molecule has 2 amide bonds. The van der Waals surface area contributed by atoms with Gasteiger partial charge in [0.15, 0.2) is 0 Å². The number of hydrogen-bond acceptors (Lipinski definition) is 3. The number of rotatable bonds is 2. The predicted octanol–water partition coefficient (Wildman–Crippen LogP) is 1.18. The molecule has 108 valence electrons. The molecule has 0 bridgehead atoms. The van der Waals surface area contributed by atoms with Crippen LogP contribution in [-0.4, -0.2) is 36.9 Å². The van der Waals surface area contributed by atoms with Crippen LogP contribution in [0, 0.1) is 12.8 Å². The smallest absolute Gasteiger partial charge is 0.254 e. The van der Waals surface area contributed by atoms with E-state index in [2.05, 4.69) is 5.32 Å². The van der Waals surface area contributed by atoms with Crippen LogP contribution < -0.4 is 11.1 Å². The largest absolute Gasteiger partial charge is 0.399 e. The van der Waals surface area contributed by atoms with E-state index in [9.17, 15) is 9.59 Å². The van der Waals surface area contributed by atoms with Gasteiger partial charge in [-0.1, -0.05) is 6.07 Å². The lowest BCUT2D eigenvalue weighted by Crippen LogP contribution is -2.45. The van der Waals surface area contributed by atoms with Gasteiger partial charge in [-0.2, -0.15) is 0 Å². The molecule has 0 aromatic heterocycles. The highest BCUT2D eigenvalue weighted by Crippen LogP contribution is 2.21. The Bertz CT molecular complexity index is 528. The molecule has 0 aliphatic carbocycles. The molecule has 0 saturated carbocycles. The van der Waals surface area contributed by atoms with Crippen molar-refractivity contribution in [1.29, 1.82) is 0 Å². The van der Waals surface area contributed by atoms with Gasteiger partial charge < -0.3 is 16.0 Å². The van der Waals surface area contributed by atoms with Crippen molar-refractivity contribution in [2.24, 2.45) is 5.92 Å². The molecule has 1 atom stereocenters. The lowest BCUT2D eigenvalue weighted by Gasteiger charge is -2.32. The van der Waals surface area contributed by atoms with Crippen LogP contribution in [0.5, 0.6) is 0 Å². The van der Waals surface area contributed by atoms with E-state index in [0.717, 1.165) is 18.4 Å². The van der Waals surface area contributed by atoms with Crippen molar-refractivity contribution in [1.82, 2.24) is 10.2 Å². The van der Waals surface area contributed by atoms with Gasteiger partial charge in [0, 0.05) is 31.4 Å². The van der Waals surface area contributed by atoms with Gasteiger partial charge in [-0.3, -0.25) is 9.59 Å². The Morgan fingerprint density at radius 2 is 2.15 bits per heavy atom. The van der Waals surface area contributed by atoms with E-state index in [4.69, 9.17) is 5.73 Å². The predicted molar refractivity (Wildman–Crippen MR) is 78.3 cm³/mol. The van der Waals surface area contributed by atoms with Crippen LogP contribution in [0.2, 0.25) is 0 Å². The summed E-state index contributed by atoms with van der Waals surface area (Å²) < 4.78 is 0. The normalized spacial score (nSPS) is 18.7. The van der Waals surface area contributed by atoms with Crippen LogP contribution in [0.4, 0.5) is 5.69 Å². The van der Waals surface area contributed by atoms with Crippen molar-refractivity contribution in [3.8, 4) is 0 Å². The summed E-state index contributed by atoms with van der Waals surface area (Å²) in [4.78, 5) is 26.0. The number of nitrogens with one attached hydrogen (secondary N) is 1. The monoisotopic (exact) mass is 275 g/mol. The molecule has 2 rings (SSSR count). The van der Waals surface area contributed by atoms with E-state index in [0.29, 0.717) is 24.3 Å². The first kappa shape index (κ1) is 14.4. The Morgan fingerprint density at radius 1 is 1.40 bits per heavy atom. The summed E-state index contributed by atoms with van der Waals surface area (Å²) in [6, 6.07) is 5.35. The van der Waals surface area contributed by atoms with E-state index in [1.54, 1.807) is 24.1 Å². The van der Waals surface area contributed by atoms with E-state index in [1.165, 1.54) is 0 Å². The third-order valence-corrected chi connectivity index (χ3v) is 3.82. The summed E-state index contributed by atoms with van der Waals surface area (Å²) in [6.07, 6.45) is 1.69. The third-order valence-electron chi connectivity index (χ3n) is 3.82. The number of carbonyl (C=O) groups is 2. The minimum Gasteiger partial charge on any atom is -0.399 e. The minimum atomic E-state index is -0.112. The molecule has 20 heavy (non-hydrogen) atoms. The first-order chi connectivity index (χ1) is 9.52. The zero-order chi connectivity index (χ0) is 14.7. The van der Waals surface area contributed by atoms with Crippen LogP contribution >= 0.6 is 0 Å². The quantitative estimate of drug-likeness (QED) is 0.796. The number of likely N-dealkylation sites (tertiary alicyclic amines) is 1. The molecule has 1 aromatic carbocycles. The number of anilines is 1. The van der Waals surface area contributed by atoms with Crippen LogP contribution in [-0.2, 0) is 4.79 Å². The molecule has 1 saturated heterocycles. The highest BCUT2D eigenvalue weighted by atomic mass is 16.2. The number of nitrogen functional groups attached to an aromatic ring is 1. The number of amides is 2. The van der Waals surface area contributed by atoms with Crippen molar-refractivity contribution >= 4 is 17.5 Å². The lowest BCUT2D eigenvalue weighted by molar-refractivity contribution is -0.125. The molecular formula is C15H21N3O2. The Morgan fingerprint density at radius 3 is 2.85 bits per heavy atom. The van der Waals surface area contributed by atoms with Crippen LogP contribution in [0.25, 0.3) is 0 Å². The van der Waals surface area contributed by atoms with Crippen molar-refractivity contribution in [3.05, 3.63) is 29.3 Å². The maximum absolute atomic E-state index is 12.6. The second-order valence-corrected chi connectivity index (χ2v) is 5.28. The average molecular weight is 275 g/mol. The second kappa shape index (κ2) is 5.94. The maximum atomic E-state index is 12.6. The summed E-state index contributed by atoms with van der Waals surface area (Å²) in [5, 5.41) is 2.66. The molecule has 1 unspecified atom stereocenters. The van der Waals surface area contributed by atoms with Gasteiger partial charge >= 0.3 is 0 Å². The zero-order valence-corrected chi connectivity index (χ0v) is 12.0.